The highest BCUT2D eigenvalue weighted by Gasteiger charge is 2.26. The zero-order valence-corrected chi connectivity index (χ0v) is 21.3. The van der Waals surface area contributed by atoms with E-state index in [2.05, 4.69) is 30.7 Å². The third-order valence-electron chi connectivity index (χ3n) is 5.39. The molecule has 38 heavy (non-hydrogen) atoms. The number of esters is 2. The molecule has 0 unspecified atom stereocenters. The highest BCUT2D eigenvalue weighted by atomic mass is 32.1. The van der Waals surface area contributed by atoms with Crippen molar-refractivity contribution in [2.24, 2.45) is 0 Å². The van der Waals surface area contributed by atoms with Crippen LogP contribution in [-0.2, 0) is 16.0 Å². The molecule has 0 spiro atoms. The number of thiophene rings is 1. The number of nitrogens with one attached hydrogen (secondary N) is 3. The van der Waals surface area contributed by atoms with Gasteiger partial charge >= 0.3 is 18.0 Å². The van der Waals surface area contributed by atoms with E-state index in [4.69, 9.17) is 9.47 Å². The quantitative estimate of drug-likeness (QED) is 0.272. The number of rotatable bonds is 8. The Kier molecular flexibility index (Phi) is 7.97. The average molecular weight is 540 g/mol. The van der Waals surface area contributed by atoms with Crippen LogP contribution < -0.4 is 20.7 Å². The molecule has 2 amide bonds. The molecule has 4 rings (SSSR count). The van der Waals surface area contributed by atoms with Crippen molar-refractivity contribution in [2.45, 2.75) is 6.54 Å². The number of anilines is 3. The Balaban J connectivity index is 1.55. The minimum atomic E-state index is -0.858. The number of urea groups is 1. The maximum atomic E-state index is 14.8. The van der Waals surface area contributed by atoms with Crippen molar-refractivity contribution >= 4 is 57.4 Å². The Bertz CT molecular complexity index is 1520. The largest absolute Gasteiger partial charge is 0.494 e. The summed E-state index contributed by atoms with van der Waals surface area (Å²) in [6, 6.07) is 7.22. The van der Waals surface area contributed by atoms with Crippen LogP contribution in [0.15, 0.2) is 48.1 Å². The van der Waals surface area contributed by atoms with Crippen molar-refractivity contribution in [3.05, 3.63) is 69.9 Å². The standard InChI is InChI=1S/C25H22FN5O6S/c1-35-19-9-14(26)16(10-17(19)29-11-13-5-4-6-15-21(13)28-8-7-27-15)30-25(34)31-18-12-38-22(24(33)37-3)20(18)23(32)36-2/h4-10,12,29H,11H2,1-3H3,(H2,30,31,34). The molecule has 11 nitrogen and oxygen atoms in total. The van der Waals surface area contributed by atoms with E-state index >= 15 is 0 Å². The summed E-state index contributed by atoms with van der Waals surface area (Å²) in [5.41, 5.74) is 2.37. The van der Waals surface area contributed by atoms with Crippen LogP contribution in [0.3, 0.4) is 0 Å². The summed E-state index contributed by atoms with van der Waals surface area (Å²) in [7, 11) is 3.69. The molecule has 0 aliphatic rings. The number of halogens is 1. The fourth-order valence-electron chi connectivity index (χ4n) is 3.62. The second-order valence-corrected chi connectivity index (χ2v) is 8.52. The van der Waals surface area contributed by atoms with Crippen LogP contribution in [0.4, 0.5) is 26.2 Å². The van der Waals surface area contributed by atoms with Gasteiger partial charge in [-0.2, -0.15) is 0 Å². The lowest BCUT2D eigenvalue weighted by Gasteiger charge is -2.15. The van der Waals surface area contributed by atoms with Crippen LogP contribution >= 0.6 is 11.3 Å². The van der Waals surface area contributed by atoms with Crippen LogP contribution in [0.2, 0.25) is 0 Å². The highest BCUT2D eigenvalue weighted by molar-refractivity contribution is 7.13. The molecule has 196 valence electrons. The van der Waals surface area contributed by atoms with Crippen LogP contribution in [0.1, 0.15) is 25.6 Å². The van der Waals surface area contributed by atoms with Crippen molar-refractivity contribution < 1.29 is 33.0 Å². The zero-order valence-electron chi connectivity index (χ0n) is 20.5. The lowest BCUT2D eigenvalue weighted by Crippen LogP contribution is -2.22. The number of carbonyl (C=O) groups is 3. The van der Waals surface area contributed by atoms with Gasteiger partial charge in [0.2, 0.25) is 0 Å². The summed E-state index contributed by atoms with van der Waals surface area (Å²) in [4.78, 5) is 45.6. The highest BCUT2D eigenvalue weighted by Crippen LogP contribution is 2.32. The van der Waals surface area contributed by atoms with E-state index in [1.54, 1.807) is 12.4 Å². The van der Waals surface area contributed by atoms with Gasteiger partial charge in [0.15, 0.2) is 5.82 Å². The van der Waals surface area contributed by atoms with Gasteiger partial charge < -0.3 is 30.2 Å². The topological polar surface area (TPSA) is 141 Å². The lowest BCUT2D eigenvalue weighted by molar-refractivity contribution is 0.0561. The number of methoxy groups -OCH3 is 3. The fraction of sp³-hybridized carbons (Fsp3) is 0.160. The average Bonchev–Trinajstić information content (AvgIpc) is 3.35. The Labute approximate surface area is 220 Å². The second-order valence-electron chi connectivity index (χ2n) is 7.64. The number of nitrogens with zero attached hydrogens (tertiary/aromatic N) is 2. The molecule has 4 aromatic rings. The lowest BCUT2D eigenvalue weighted by atomic mass is 10.1. The number of aromatic nitrogens is 2. The van der Waals surface area contributed by atoms with Crippen molar-refractivity contribution in [1.29, 1.82) is 0 Å². The number of carbonyl (C=O) groups excluding carboxylic acids is 3. The van der Waals surface area contributed by atoms with Gasteiger partial charge in [-0.1, -0.05) is 12.1 Å². The molecule has 0 fully saturated rings. The Morgan fingerprint density at radius 2 is 1.68 bits per heavy atom. The zero-order chi connectivity index (χ0) is 27.2. The summed E-state index contributed by atoms with van der Waals surface area (Å²) in [5, 5.41) is 9.41. The Morgan fingerprint density at radius 1 is 0.947 bits per heavy atom. The van der Waals surface area contributed by atoms with Crippen molar-refractivity contribution in [2.75, 3.05) is 37.3 Å². The predicted molar refractivity (Wildman–Crippen MR) is 139 cm³/mol. The van der Waals surface area contributed by atoms with Crippen molar-refractivity contribution in [3.63, 3.8) is 0 Å². The van der Waals surface area contributed by atoms with Gasteiger partial charge in [0.25, 0.3) is 0 Å². The van der Waals surface area contributed by atoms with Gasteiger partial charge in [-0.15, -0.1) is 11.3 Å². The summed E-state index contributed by atoms with van der Waals surface area (Å²) in [5.74, 6) is -2.15. The molecule has 2 heterocycles. The van der Waals surface area contributed by atoms with E-state index in [9.17, 15) is 18.8 Å². The SMILES string of the molecule is COC(=O)c1scc(NC(=O)Nc2cc(NCc3cccc4nccnc34)c(OC)cc2F)c1C(=O)OC. The van der Waals surface area contributed by atoms with E-state index < -0.39 is 23.8 Å². The molecule has 0 saturated heterocycles. The maximum absolute atomic E-state index is 14.8. The van der Waals surface area contributed by atoms with Crippen LogP contribution in [0.5, 0.6) is 5.75 Å². The van der Waals surface area contributed by atoms with Crippen molar-refractivity contribution in [1.82, 2.24) is 9.97 Å². The summed E-state index contributed by atoms with van der Waals surface area (Å²) >= 11 is 0.889. The van der Waals surface area contributed by atoms with Crippen LogP contribution in [0.25, 0.3) is 11.0 Å². The normalized spacial score (nSPS) is 10.5. The Morgan fingerprint density at radius 3 is 2.42 bits per heavy atom. The molecule has 0 atom stereocenters. The van der Waals surface area contributed by atoms with Gasteiger partial charge in [-0.3, -0.25) is 9.97 Å². The van der Waals surface area contributed by atoms with Gasteiger partial charge in [-0.05, 0) is 17.7 Å². The third kappa shape index (κ3) is 5.47. The van der Waals surface area contributed by atoms with E-state index in [0.29, 0.717) is 17.7 Å². The fourth-order valence-corrected chi connectivity index (χ4v) is 4.52. The molecule has 3 N–H and O–H groups in total. The molecule has 13 heteroatoms. The summed E-state index contributed by atoms with van der Waals surface area (Å²) in [6.07, 6.45) is 3.20. The van der Waals surface area contributed by atoms with E-state index in [1.165, 1.54) is 18.6 Å². The first-order chi connectivity index (χ1) is 18.4. The predicted octanol–water partition coefficient (Wildman–Crippen LogP) is 4.67. The number of amides is 2. The molecular weight excluding hydrogens is 517 g/mol. The van der Waals surface area contributed by atoms with E-state index in [1.807, 2.05) is 18.2 Å². The number of ether oxygens (including phenoxy) is 3. The Hall–Kier alpha value is -4.78. The minimum Gasteiger partial charge on any atom is -0.494 e. The number of benzene rings is 2. The van der Waals surface area contributed by atoms with Crippen LogP contribution in [-0.4, -0.2) is 49.3 Å². The smallest absolute Gasteiger partial charge is 0.349 e. The van der Waals surface area contributed by atoms with Crippen molar-refractivity contribution in [3.8, 4) is 5.75 Å². The molecule has 0 saturated carbocycles. The monoisotopic (exact) mass is 539 g/mol. The third-order valence-corrected chi connectivity index (χ3v) is 6.35. The molecule has 2 aromatic heterocycles. The van der Waals surface area contributed by atoms with Crippen LogP contribution in [0, 0.1) is 5.82 Å². The van der Waals surface area contributed by atoms with Gasteiger partial charge in [0.05, 0.1) is 49.4 Å². The summed E-state index contributed by atoms with van der Waals surface area (Å²) < 4.78 is 29.5. The molecule has 0 aliphatic heterocycles. The number of hydrogen-bond acceptors (Lipinski definition) is 10. The molecule has 0 aliphatic carbocycles. The van der Waals surface area contributed by atoms with Gasteiger partial charge in [-0.25, -0.2) is 18.8 Å². The maximum Gasteiger partial charge on any atom is 0.349 e. The molecule has 0 bridgehead atoms. The summed E-state index contributed by atoms with van der Waals surface area (Å²) in [6.45, 7) is 0.317. The second kappa shape index (κ2) is 11.5. The van der Waals surface area contributed by atoms with E-state index in [0.717, 1.165) is 42.7 Å². The first kappa shape index (κ1) is 26.3. The first-order valence-corrected chi connectivity index (χ1v) is 11.9. The first-order valence-electron chi connectivity index (χ1n) is 11.0. The molecule has 2 aromatic carbocycles. The minimum absolute atomic E-state index is 0.00378. The molecular formula is C25H22FN5O6S. The number of para-hydroxylation sites is 1. The van der Waals surface area contributed by atoms with Gasteiger partial charge in [0.1, 0.15) is 16.2 Å². The van der Waals surface area contributed by atoms with Gasteiger partial charge in [0, 0.05) is 30.4 Å². The number of hydrogen-bond donors (Lipinski definition) is 3. The number of fused-ring (bicyclic) bond motifs is 1. The van der Waals surface area contributed by atoms with E-state index in [-0.39, 0.29) is 27.6 Å². The molecule has 0 radical (unpaired) electrons.